The van der Waals surface area contributed by atoms with Gasteiger partial charge in [0.1, 0.15) is 0 Å². The van der Waals surface area contributed by atoms with Crippen molar-refractivity contribution in [3.63, 3.8) is 0 Å². The summed E-state index contributed by atoms with van der Waals surface area (Å²) in [5, 5.41) is 0. The zero-order valence-corrected chi connectivity index (χ0v) is 20.6. The van der Waals surface area contributed by atoms with Crippen molar-refractivity contribution in [2.45, 2.75) is 31.0 Å². The molecule has 1 aliphatic heterocycles. The maximum absolute atomic E-state index is 14.0. The number of aromatic nitrogens is 3. The zero-order chi connectivity index (χ0) is 24.1. The number of hydrogen-bond acceptors (Lipinski definition) is 4. The first-order chi connectivity index (χ1) is 16.2. The summed E-state index contributed by atoms with van der Waals surface area (Å²) in [5.74, 6) is -0.372. The Balaban J connectivity index is 0.00000180. The van der Waals surface area contributed by atoms with Crippen molar-refractivity contribution in [3.8, 4) is 11.1 Å². The van der Waals surface area contributed by atoms with E-state index in [1.54, 1.807) is 12.1 Å². The largest absolute Gasteiger partial charge is 0.416 e. The van der Waals surface area contributed by atoms with Crippen LogP contribution in [0.4, 0.5) is 17.6 Å². The number of fused-ring (bicyclic) bond motifs is 1. The molecule has 1 aromatic carbocycles. The molecule has 3 heterocycles. The molecule has 1 saturated heterocycles. The van der Waals surface area contributed by atoms with Gasteiger partial charge in [-0.25, -0.2) is 9.78 Å². The van der Waals surface area contributed by atoms with Crippen LogP contribution in [0, 0.1) is 11.9 Å². The lowest BCUT2D eigenvalue weighted by Crippen LogP contribution is -2.32. The molecule has 3 aromatic rings. The molecule has 1 saturated carbocycles. The summed E-state index contributed by atoms with van der Waals surface area (Å²) in [6.07, 6.45) is -0.123. The molecule has 6 nitrogen and oxygen atoms in total. The van der Waals surface area contributed by atoms with Gasteiger partial charge in [-0.15, -0.1) is 24.8 Å². The van der Waals surface area contributed by atoms with Crippen molar-refractivity contribution in [1.82, 2.24) is 19.4 Å². The molecule has 1 N–H and O–H groups in total. The fourth-order valence-corrected chi connectivity index (χ4v) is 5.11. The highest BCUT2D eigenvalue weighted by Crippen LogP contribution is 2.59. The van der Waals surface area contributed by atoms with E-state index < -0.39 is 28.9 Å². The van der Waals surface area contributed by atoms with Gasteiger partial charge in [0.15, 0.2) is 0 Å². The average Bonchev–Trinajstić information content (AvgIpc) is 3.37. The van der Waals surface area contributed by atoms with Crippen LogP contribution in [-0.4, -0.2) is 39.1 Å². The van der Waals surface area contributed by atoms with Gasteiger partial charge in [-0.05, 0) is 55.1 Å². The van der Waals surface area contributed by atoms with E-state index in [9.17, 15) is 27.2 Å². The van der Waals surface area contributed by atoms with Gasteiger partial charge in [0.25, 0.3) is 5.56 Å². The summed E-state index contributed by atoms with van der Waals surface area (Å²) < 4.78 is 54.0. The Labute approximate surface area is 216 Å². The summed E-state index contributed by atoms with van der Waals surface area (Å²) in [6.45, 7) is 2.64. The molecule has 12 heteroatoms. The van der Waals surface area contributed by atoms with E-state index in [1.165, 1.54) is 29.1 Å². The standard InChI is InChI=1S/C24H22F4N4O2.2ClH/c25-20-18(3-1-8-29-20)19-13-32(22(34)30-21(19)33)10-2-9-31-12-17-11-23(17,14-31)15-4-6-16(7-5-15)24(26,27)28;;/h1,3-8,13,17H,2,9-12,14H2,(H,30,33,34);2*1H/t17-,23+;;/m0../s1. The summed E-state index contributed by atoms with van der Waals surface area (Å²) >= 11 is 0. The number of benzene rings is 1. The first-order valence-corrected chi connectivity index (χ1v) is 11.0. The minimum Gasteiger partial charge on any atom is -0.302 e. The Morgan fingerprint density at radius 2 is 1.78 bits per heavy atom. The van der Waals surface area contributed by atoms with Crippen molar-refractivity contribution in [2.24, 2.45) is 5.92 Å². The van der Waals surface area contributed by atoms with Crippen LogP contribution in [0.15, 0.2) is 58.4 Å². The molecule has 5 rings (SSSR count). The van der Waals surface area contributed by atoms with Gasteiger partial charge in [-0.3, -0.25) is 14.3 Å². The quantitative estimate of drug-likeness (QED) is 0.370. The maximum atomic E-state index is 14.0. The Hall–Kier alpha value is -2.69. The van der Waals surface area contributed by atoms with Crippen LogP contribution in [-0.2, 0) is 18.1 Å². The molecule has 0 radical (unpaired) electrons. The van der Waals surface area contributed by atoms with Gasteiger partial charge in [0.05, 0.1) is 11.1 Å². The maximum Gasteiger partial charge on any atom is 0.416 e. The molecular weight excluding hydrogens is 523 g/mol. The number of hydrogen-bond donors (Lipinski definition) is 1. The van der Waals surface area contributed by atoms with Gasteiger partial charge in [0, 0.05) is 43.0 Å². The average molecular weight is 547 g/mol. The molecule has 2 aromatic heterocycles. The third-order valence-corrected chi connectivity index (χ3v) is 6.94. The summed E-state index contributed by atoms with van der Waals surface area (Å²) in [6, 6.07) is 8.41. The van der Waals surface area contributed by atoms with Gasteiger partial charge in [-0.2, -0.15) is 17.6 Å². The highest BCUT2D eigenvalue weighted by atomic mass is 35.5. The van der Waals surface area contributed by atoms with Crippen molar-refractivity contribution < 1.29 is 17.6 Å². The van der Waals surface area contributed by atoms with E-state index >= 15 is 0 Å². The first kappa shape index (κ1) is 27.9. The first-order valence-electron chi connectivity index (χ1n) is 11.0. The molecule has 0 unspecified atom stereocenters. The molecular formula is C24H24Cl2F4N4O2. The molecule has 2 fully saturated rings. The van der Waals surface area contributed by atoms with Gasteiger partial charge >= 0.3 is 11.9 Å². The second kappa shape index (κ2) is 10.4. The predicted octanol–water partition coefficient (Wildman–Crippen LogP) is 4.26. The molecule has 1 aliphatic carbocycles. The van der Waals surface area contributed by atoms with E-state index in [-0.39, 0.29) is 41.4 Å². The highest BCUT2D eigenvalue weighted by Gasteiger charge is 2.60. The van der Waals surface area contributed by atoms with Crippen LogP contribution >= 0.6 is 24.8 Å². The summed E-state index contributed by atoms with van der Waals surface area (Å²) in [7, 11) is 0. The Kier molecular flexibility index (Phi) is 8.02. The van der Waals surface area contributed by atoms with E-state index in [2.05, 4.69) is 14.9 Å². The number of likely N-dealkylation sites (tertiary alicyclic amines) is 1. The Bertz CT molecular complexity index is 1340. The van der Waals surface area contributed by atoms with Crippen LogP contribution in [0.1, 0.15) is 24.0 Å². The lowest BCUT2D eigenvalue weighted by molar-refractivity contribution is -0.137. The minimum atomic E-state index is -4.34. The summed E-state index contributed by atoms with van der Waals surface area (Å²) in [4.78, 5) is 32.5. The smallest absolute Gasteiger partial charge is 0.302 e. The molecule has 36 heavy (non-hydrogen) atoms. The Morgan fingerprint density at radius 1 is 1.06 bits per heavy atom. The number of aryl methyl sites for hydroxylation is 1. The second-order valence-corrected chi connectivity index (χ2v) is 9.06. The van der Waals surface area contributed by atoms with Gasteiger partial charge in [-0.1, -0.05) is 12.1 Å². The fourth-order valence-electron chi connectivity index (χ4n) is 5.11. The number of aromatic amines is 1. The van der Waals surface area contributed by atoms with Crippen molar-refractivity contribution in [3.05, 3.63) is 86.7 Å². The van der Waals surface area contributed by atoms with Crippen molar-refractivity contribution >= 4 is 24.8 Å². The molecule has 194 valence electrons. The number of nitrogens with zero attached hydrogens (tertiary/aromatic N) is 3. The van der Waals surface area contributed by atoms with Crippen LogP contribution in [0.3, 0.4) is 0 Å². The van der Waals surface area contributed by atoms with Crippen LogP contribution in [0.25, 0.3) is 11.1 Å². The summed E-state index contributed by atoms with van der Waals surface area (Å²) in [5.41, 5.74) is -0.979. The van der Waals surface area contributed by atoms with Crippen LogP contribution in [0.2, 0.25) is 0 Å². The SMILES string of the molecule is Cl.Cl.O=c1[nH]c(=O)n(CCCN2C[C@@H]3C[C@]3(c3ccc(C(F)(F)F)cc3)C2)cc1-c1cccnc1F. The zero-order valence-electron chi connectivity index (χ0n) is 18.9. The third kappa shape index (κ3) is 5.21. The predicted molar refractivity (Wildman–Crippen MR) is 131 cm³/mol. The number of pyridine rings is 1. The number of alkyl halides is 3. The lowest BCUT2D eigenvalue weighted by Gasteiger charge is -2.21. The lowest BCUT2D eigenvalue weighted by atomic mass is 9.94. The van der Waals surface area contributed by atoms with E-state index in [0.717, 1.165) is 37.2 Å². The molecule has 0 bridgehead atoms. The van der Waals surface area contributed by atoms with E-state index in [1.807, 2.05) is 0 Å². The minimum absolute atomic E-state index is 0. The Morgan fingerprint density at radius 3 is 2.44 bits per heavy atom. The molecule has 2 atom stereocenters. The van der Waals surface area contributed by atoms with Crippen LogP contribution in [0.5, 0.6) is 0 Å². The number of nitrogens with one attached hydrogen (secondary N) is 1. The molecule has 2 aliphatic rings. The third-order valence-electron chi connectivity index (χ3n) is 6.94. The van der Waals surface area contributed by atoms with Gasteiger partial charge in [0.2, 0.25) is 5.95 Å². The van der Waals surface area contributed by atoms with E-state index in [4.69, 9.17) is 0 Å². The van der Waals surface area contributed by atoms with Crippen molar-refractivity contribution in [1.29, 1.82) is 0 Å². The second-order valence-electron chi connectivity index (χ2n) is 9.06. The van der Waals surface area contributed by atoms with Crippen LogP contribution < -0.4 is 11.2 Å². The molecule has 0 amide bonds. The monoisotopic (exact) mass is 546 g/mol. The number of H-pyrrole nitrogens is 1. The van der Waals surface area contributed by atoms with E-state index in [0.29, 0.717) is 25.4 Å². The van der Waals surface area contributed by atoms with Gasteiger partial charge < -0.3 is 4.90 Å². The number of halogens is 6. The number of rotatable bonds is 6. The highest BCUT2D eigenvalue weighted by molar-refractivity contribution is 5.85. The number of piperidine rings is 1. The normalized spacial score (nSPS) is 20.8. The topological polar surface area (TPSA) is 71.0 Å². The fraction of sp³-hybridized carbons (Fsp3) is 0.375. The van der Waals surface area contributed by atoms with Crippen molar-refractivity contribution in [2.75, 3.05) is 19.6 Å². The molecule has 0 spiro atoms.